The zero-order chi connectivity index (χ0) is 20.4. The number of hydrogen-bond acceptors (Lipinski definition) is 6. The van der Waals surface area contributed by atoms with Gasteiger partial charge in [-0.15, -0.1) is 4.31 Å². The van der Waals surface area contributed by atoms with E-state index in [9.17, 15) is 13.7 Å². The quantitative estimate of drug-likeness (QED) is 0.644. The molecule has 1 unspecified atom stereocenters. The van der Waals surface area contributed by atoms with Crippen molar-refractivity contribution in [2.75, 3.05) is 18.4 Å². The highest BCUT2D eigenvalue weighted by Crippen LogP contribution is 2.25. The molecule has 1 fully saturated rings. The molecule has 0 radical (unpaired) electrons. The molecule has 0 saturated carbocycles. The first kappa shape index (κ1) is 19.6. The van der Waals surface area contributed by atoms with E-state index in [-0.39, 0.29) is 24.6 Å². The average molecular weight is 413 g/mol. The first-order chi connectivity index (χ1) is 14.0. The Hall–Kier alpha value is -2.75. The first-order valence-corrected chi connectivity index (χ1v) is 10.2. The standard InChI is InChI=1S/C20H20FN5O2S/c1-25-19(27)11-17(14-7-9-22-10-8-14)23-20(25)24-18-13-26(12-16(18)21)29(28)15-5-3-2-4-6-15/h2-11,16,18H,12-13H2,1H3,(H,23,24)/t16-,18-,29?/m0/s1. The van der Waals surface area contributed by atoms with Gasteiger partial charge in [-0.3, -0.25) is 14.3 Å². The van der Waals surface area contributed by atoms with Crippen LogP contribution in [-0.2, 0) is 18.4 Å². The van der Waals surface area contributed by atoms with Gasteiger partial charge in [0, 0.05) is 31.1 Å². The van der Waals surface area contributed by atoms with Crippen LogP contribution in [0.2, 0.25) is 0 Å². The SMILES string of the molecule is Cn1c(N[C@H]2CN([S+]([O-])c3ccccc3)C[C@@H]2F)nc(-c2ccncc2)cc1=O. The summed E-state index contributed by atoms with van der Waals surface area (Å²) in [4.78, 5) is 21.4. The molecular weight excluding hydrogens is 393 g/mol. The molecule has 9 heteroatoms. The summed E-state index contributed by atoms with van der Waals surface area (Å²) in [5.41, 5.74) is 0.972. The van der Waals surface area contributed by atoms with Crippen molar-refractivity contribution in [1.82, 2.24) is 18.8 Å². The second-order valence-electron chi connectivity index (χ2n) is 6.77. The van der Waals surface area contributed by atoms with Crippen molar-refractivity contribution in [3.05, 3.63) is 71.3 Å². The Labute approximate surface area is 170 Å². The Morgan fingerprint density at radius 1 is 1.17 bits per heavy atom. The number of nitrogens with zero attached hydrogens (tertiary/aromatic N) is 4. The van der Waals surface area contributed by atoms with Gasteiger partial charge in [-0.25, -0.2) is 9.37 Å². The molecule has 3 atom stereocenters. The van der Waals surface area contributed by atoms with Crippen LogP contribution >= 0.6 is 0 Å². The van der Waals surface area contributed by atoms with Crippen LogP contribution < -0.4 is 10.9 Å². The van der Waals surface area contributed by atoms with Crippen molar-refractivity contribution >= 4 is 17.3 Å². The Morgan fingerprint density at radius 2 is 1.90 bits per heavy atom. The summed E-state index contributed by atoms with van der Waals surface area (Å²) in [7, 11) is 1.58. The molecule has 0 spiro atoms. The fraction of sp³-hybridized carbons (Fsp3) is 0.250. The van der Waals surface area contributed by atoms with Crippen LogP contribution in [0, 0.1) is 0 Å². The van der Waals surface area contributed by atoms with Crippen molar-refractivity contribution in [2.24, 2.45) is 7.05 Å². The lowest BCUT2D eigenvalue weighted by molar-refractivity contribution is 0.329. The maximum atomic E-state index is 14.7. The normalized spacial score (nSPS) is 20.5. The van der Waals surface area contributed by atoms with Crippen LogP contribution in [0.3, 0.4) is 0 Å². The van der Waals surface area contributed by atoms with Gasteiger partial charge in [0.2, 0.25) is 5.95 Å². The van der Waals surface area contributed by atoms with E-state index < -0.39 is 23.6 Å². The third-order valence-corrected chi connectivity index (χ3v) is 6.26. The second kappa shape index (κ2) is 8.32. The summed E-state index contributed by atoms with van der Waals surface area (Å²) in [5.74, 6) is 0.268. The minimum atomic E-state index is -1.44. The third-order valence-electron chi connectivity index (χ3n) is 4.82. The number of benzene rings is 1. The number of rotatable bonds is 5. The van der Waals surface area contributed by atoms with Gasteiger partial charge in [0.1, 0.15) is 6.17 Å². The molecule has 3 heterocycles. The van der Waals surface area contributed by atoms with Crippen molar-refractivity contribution in [1.29, 1.82) is 0 Å². The van der Waals surface area contributed by atoms with Gasteiger partial charge in [-0.1, -0.05) is 18.2 Å². The Kier molecular flexibility index (Phi) is 5.61. The van der Waals surface area contributed by atoms with Gasteiger partial charge in [0.25, 0.3) is 5.56 Å². The van der Waals surface area contributed by atoms with E-state index >= 15 is 0 Å². The predicted molar refractivity (Wildman–Crippen MR) is 109 cm³/mol. The molecule has 0 aliphatic carbocycles. The van der Waals surface area contributed by atoms with Gasteiger partial charge in [0.05, 0.1) is 36.2 Å². The number of anilines is 1. The predicted octanol–water partition coefficient (Wildman–Crippen LogP) is 2.00. The average Bonchev–Trinajstić information content (AvgIpc) is 3.12. The maximum Gasteiger partial charge on any atom is 0.255 e. The fourth-order valence-corrected chi connectivity index (χ4v) is 4.45. The van der Waals surface area contributed by atoms with Gasteiger partial charge in [-0.05, 0) is 24.3 Å². The molecule has 1 aliphatic rings. The van der Waals surface area contributed by atoms with Gasteiger partial charge < -0.3 is 9.87 Å². The second-order valence-corrected chi connectivity index (χ2v) is 8.26. The van der Waals surface area contributed by atoms with E-state index in [0.717, 1.165) is 5.56 Å². The van der Waals surface area contributed by atoms with Crippen LogP contribution in [0.15, 0.2) is 70.6 Å². The minimum absolute atomic E-state index is 0.0389. The largest absolute Gasteiger partial charge is 0.593 e. The molecule has 3 aromatic rings. The third kappa shape index (κ3) is 4.16. The van der Waals surface area contributed by atoms with Gasteiger partial charge >= 0.3 is 0 Å². The van der Waals surface area contributed by atoms with Crippen LogP contribution in [0.1, 0.15) is 0 Å². The first-order valence-electron chi connectivity index (χ1n) is 9.14. The molecule has 2 aromatic heterocycles. The lowest BCUT2D eigenvalue weighted by Crippen LogP contribution is -2.34. The van der Waals surface area contributed by atoms with E-state index in [1.807, 2.05) is 6.07 Å². The molecule has 1 N–H and O–H groups in total. The topological polar surface area (TPSA) is 86.1 Å². The van der Waals surface area contributed by atoms with E-state index in [4.69, 9.17) is 0 Å². The molecule has 1 aromatic carbocycles. The summed E-state index contributed by atoms with van der Waals surface area (Å²) in [6, 6.07) is 13.3. The van der Waals surface area contributed by atoms with Crippen molar-refractivity contribution in [3.63, 3.8) is 0 Å². The molecule has 29 heavy (non-hydrogen) atoms. The van der Waals surface area contributed by atoms with Crippen LogP contribution in [0.25, 0.3) is 11.3 Å². The van der Waals surface area contributed by atoms with E-state index in [1.165, 1.54) is 10.6 Å². The van der Waals surface area contributed by atoms with Crippen molar-refractivity contribution < 1.29 is 8.94 Å². The zero-order valence-electron chi connectivity index (χ0n) is 15.7. The minimum Gasteiger partial charge on any atom is -0.593 e. The number of nitrogens with one attached hydrogen (secondary N) is 1. The molecule has 0 bridgehead atoms. The highest BCUT2D eigenvalue weighted by atomic mass is 32.2. The van der Waals surface area contributed by atoms with Crippen molar-refractivity contribution in [2.45, 2.75) is 17.1 Å². The van der Waals surface area contributed by atoms with Gasteiger partial charge in [0.15, 0.2) is 4.90 Å². The summed E-state index contributed by atoms with van der Waals surface area (Å²) >= 11 is -1.44. The number of hydrogen-bond donors (Lipinski definition) is 1. The lowest BCUT2D eigenvalue weighted by Gasteiger charge is -2.20. The Bertz CT molecular complexity index is 1030. The summed E-state index contributed by atoms with van der Waals surface area (Å²) in [6.45, 7) is 0.273. The van der Waals surface area contributed by atoms with Gasteiger partial charge in [-0.2, -0.15) is 0 Å². The molecule has 1 aliphatic heterocycles. The maximum absolute atomic E-state index is 14.7. The molecule has 7 nitrogen and oxygen atoms in total. The van der Waals surface area contributed by atoms with Crippen molar-refractivity contribution in [3.8, 4) is 11.3 Å². The number of alkyl halides is 1. The van der Waals surface area contributed by atoms with E-state index in [2.05, 4.69) is 15.3 Å². The molecular formula is C20H20FN5O2S. The summed E-state index contributed by atoms with van der Waals surface area (Å²) in [5, 5.41) is 3.03. The van der Waals surface area contributed by atoms with E-state index in [0.29, 0.717) is 10.6 Å². The van der Waals surface area contributed by atoms with Crippen LogP contribution in [-0.4, -0.2) is 48.7 Å². The summed E-state index contributed by atoms with van der Waals surface area (Å²) in [6.07, 6.45) is 1.99. The Morgan fingerprint density at radius 3 is 2.62 bits per heavy atom. The highest BCUT2D eigenvalue weighted by Gasteiger charge is 2.40. The van der Waals surface area contributed by atoms with E-state index in [1.54, 1.807) is 60.1 Å². The zero-order valence-corrected chi connectivity index (χ0v) is 16.6. The molecule has 1 saturated heterocycles. The number of halogens is 1. The van der Waals surface area contributed by atoms with Crippen LogP contribution in [0.4, 0.5) is 10.3 Å². The highest BCUT2D eigenvalue weighted by molar-refractivity contribution is 7.89. The number of aromatic nitrogens is 3. The molecule has 0 amide bonds. The molecule has 4 rings (SSSR count). The fourth-order valence-electron chi connectivity index (χ4n) is 3.19. The molecule has 150 valence electrons. The smallest absolute Gasteiger partial charge is 0.255 e. The monoisotopic (exact) mass is 413 g/mol. The Balaban J connectivity index is 1.55. The lowest BCUT2D eigenvalue weighted by atomic mass is 10.2. The summed E-state index contributed by atoms with van der Waals surface area (Å²) < 4.78 is 30.3. The van der Waals surface area contributed by atoms with Crippen LogP contribution in [0.5, 0.6) is 0 Å². The number of pyridine rings is 1.